The van der Waals surface area contributed by atoms with Crippen LogP contribution in [0.3, 0.4) is 0 Å². The van der Waals surface area contributed by atoms with E-state index in [1.54, 1.807) is 12.1 Å². The van der Waals surface area contributed by atoms with Gasteiger partial charge < -0.3 is 14.8 Å². The number of benzene rings is 1. The highest BCUT2D eigenvalue weighted by atomic mass is 16.5. The Labute approximate surface area is 118 Å². The minimum atomic E-state index is -0.489. The van der Waals surface area contributed by atoms with Crippen LogP contribution in [-0.4, -0.2) is 37.7 Å². The van der Waals surface area contributed by atoms with Gasteiger partial charge in [0, 0.05) is 13.2 Å². The van der Waals surface area contributed by atoms with E-state index in [0.29, 0.717) is 12.1 Å². The van der Waals surface area contributed by atoms with Gasteiger partial charge in [0.05, 0.1) is 11.7 Å². The van der Waals surface area contributed by atoms with E-state index >= 15 is 0 Å². The second kappa shape index (κ2) is 7.05. The molecule has 1 aliphatic heterocycles. The average molecular weight is 277 g/mol. The fourth-order valence-electron chi connectivity index (χ4n) is 1.99. The molecule has 2 rings (SSSR count). The van der Waals surface area contributed by atoms with E-state index in [1.807, 2.05) is 19.1 Å². The predicted octanol–water partition coefficient (Wildman–Crippen LogP) is 1.45. The van der Waals surface area contributed by atoms with Crippen molar-refractivity contribution in [2.24, 2.45) is 0 Å². The van der Waals surface area contributed by atoms with Crippen LogP contribution < -0.4 is 5.32 Å². The summed E-state index contributed by atoms with van der Waals surface area (Å²) in [5.41, 5.74) is 1.51. The van der Waals surface area contributed by atoms with Gasteiger partial charge in [-0.3, -0.25) is 4.79 Å². The maximum atomic E-state index is 11.7. The van der Waals surface area contributed by atoms with Crippen molar-refractivity contribution in [3.8, 4) is 0 Å². The molecule has 5 nitrogen and oxygen atoms in total. The fraction of sp³-hybridized carbons (Fsp3) is 0.467. The van der Waals surface area contributed by atoms with Gasteiger partial charge in [0.2, 0.25) is 0 Å². The molecule has 0 aliphatic carbocycles. The van der Waals surface area contributed by atoms with Crippen LogP contribution in [0.4, 0.5) is 0 Å². The van der Waals surface area contributed by atoms with Gasteiger partial charge in [0.1, 0.15) is 0 Å². The van der Waals surface area contributed by atoms with Crippen LogP contribution in [0.25, 0.3) is 0 Å². The molecule has 0 saturated carbocycles. The summed E-state index contributed by atoms with van der Waals surface area (Å²) in [7, 11) is 0. The van der Waals surface area contributed by atoms with Crippen molar-refractivity contribution in [1.29, 1.82) is 0 Å². The molecule has 1 aromatic carbocycles. The number of ether oxygens (including phenoxy) is 2. The van der Waals surface area contributed by atoms with Gasteiger partial charge >= 0.3 is 5.97 Å². The Kier molecular flexibility index (Phi) is 5.12. The van der Waals surface area contributed by atoms with E-state index in [-0.39, 0.29) is 18.6 Å². The minimum absolute atomic E-state index is 0.0896. The molecule has 1 fully saturated rings. The number of hydrogen-bond donors (Lipinski definition) is 1. The van der Waals surface area contributed by atoms with Crippen molar-refractivity contribution in [2.45, 2.75) is 25.9 Å². The van der Waals surface area contributed by atoms with Gasteiger partial charge in [-0.2, -0.15) is 0 Å². The zero-order valence-electron chi connectivity index (χ0n) is 11.6. The number of carbonyl (C=O) groups is 2. The number of esters is 1. The molecule has 1 aliphatic rings. The molecule has 1 heterocycles. The summed E-state index contributed by atoms with van der Waals surface area (Å²) >= 11 is 0. The van der Waals surface area contributed by atoms with Crippen molar-refractivity contribution in [2.75, 3.05) is 19.8 Å². The highest BCUT2D eigenvalue weighted by Gasteiger charge is 2.16. The van der Waals surface area contributed by atoms with Crippen LogP contribution in [0.5, 0.6) is 0 Å². The number of amides is 1. The summed E-state index contributed by atoms with van der Waals surface area (Å²) in [6.45, 7) is 2.90. The second-order valence-corrected chi connectivity index (χ2v) is 4.88. The zero-order chi connectivity index (χ0) is 14.4. The van der Waals surface area contributed by atoms with Crippen molar-refractivity contribution < 1.29 is 19.1 Å². The van der Waals surface area contributed by atoms with Crippen LogP contribution in [-0.2, 0) is 14.3 Å². The number of rotatable bonds is 5. The lowest BCUT2D eigenvalue weighted by Crippen LogP contribution is -2.34. The first kappa shape index (κ1) is 14.5. The van der Waals surface area contributed by atoms with Crippen LogP contribution >= 0.6 is 0 Å². The lowest BCUT2D eigenvalue weighted by molar-refractivity contribution is -0.124. The first-order valence-corrected chi connectivity index (χ1v) is 6.77. The number of carbonyl (C=O) groups excluding carboxylic acids is 2. The Morgan fingerprint density at radius 3 is 2.75 bits per heavy atom. The Morgan fingerprint density at radius 2 is 2.10 bits per heavy atom. The molecule has 20 heavy (non-hydrogen) atoms. The molecule has 0 aromatic heterocycles. The summed E-state index contributed by atoms with van der Waals surface area (Å²) in [6, 6.07) is 7.02. The van der Waals surface area contributed by atoms with Gasteiger partial charge in [-0.25, -0.2) is 4.79 Å². The molecule has 1 aromatic rings. The molecule has 0 bridgehead atoms. The smallest absolute Gasteiger partial charge is 0.338 e. The van der Waals surface area contributed by atoms with Crippen LogP contribution in [0, 0.1) is 6.92 Å². The van der Waals surface area contributed by atoms with Crippen molar-refractivity contribution >= 4 is 11.9 Å². The Hall–Kier alpha value is -1.88. The number of aryl methyl sites for hydroxylation is 1. The Bertz CT molecular complexity index is 463. The first-order chi connectivity index (χ1) is 9.65. The van der Waals surface area contributed by atoms with Crippen LogP contribution in [0.2, 0.25) is 0 Å². The van der Waals surface area contributed by atoms with Gasteiger partial charge in [-0.05, 0) is 31.9 Å². The van der Waals surface area contributed by atoms with E-state index in [0.717, 1.165) is 25.0 Å². The molecule has 108 valence electrons. The quantitative estimate of drug-likeness (QED) is 0.827. The van der Waals surface area contributed by atoms with Crippen LogP contribution in [0.15, 0.2) is 24.3 Å². The fourth-order valence-corrected chi connectivity index (χ4v) is 1.99. The molecular weight excluding hydrogens is 258 g/mol. The van der Waals surface area contributed by atoms with Gasteiger partial charge in [-0.15, -0.1) is 0 Å². The Balaban J connectivity index is 1.69. The van der Waals surface area contributed by atoms with Crippen LogP contribution in [0.1, 0.15) is 28.8 Å². The van der Waals surface area contributed by atoms with E-state index in [2.05, 4.69) is 5.32 Å². The van der Waals surface area contributed by atoms with E-state index < -0.39 is 5.97 Å². The van der Waals surface area contributed by atoms with Crippen molar-refractivity contribution in [3.63, 3.8) is 0 Å². The number of hydrogen-bond acceptors (Lipinski definition) is 4. The van der Waals surface area contributed by atoms with Gasteiger partial charge in [-0.1, -0.05) is 17.7 Å². The molecular formula is C15H19NO4. The normalized spacial score (nSPS) is 17.8. The largest absolute Gasteiger partial charge is 0.452 e. The number of nitrogens with one attached hydrogen (secondary N) is 1. The SMILES string of the molecule is Cc1ccc(C(=O)OCC(=O)NC[C@@H]2CCCO2)cc1. The van der Waals surface area contributed by atoms with E-state index in [1.165, 1.54) is 0 Å². The van der Waals surface area contributed by atoms with Crippen molar-refractivity contribution in [1.82, 2.24) is 5.32 Å². The highest BCUT2D eigenvalue weighted by Crippen LogP contribution is 2.10. The Morgan fingerprint density at radius 1 is 1.35 bits per heavy atom. The topological polar surface area (TPSA) is 64.6 Å². The summed E-state index contributed by atoms with van der Waals surface area (Å²) in [6.07, 6.45) is 2.08. The summed E-state index contributed by atoms with van der Waals surface area (Å²) in [5.74, 6) is -0.793. The third-order valence-electron chi connectivity index (χ3n) is 3.17. The van der Waals surface area contributed by atoms with E-state index in [4.69, 9.17) is 9.47 Å². The zero-order valence-corrected chi connectivity index (χ0v) is 11.6. The van der Waals surface area contributed by atoms with E-state index in [9.17, 15) is 9.59 Å². The lowest BCUT2D eigenvalue weighted by Gasteiger charge is -2.11. The van der Waals surface area contributed by atoms with Gasteiger partial charge in [0.25, 0.3) is 5.91 Å². The lowest BCUT2D eigenvalue weighted by atomic mass is 10.1. The average Bonchev–Trinajstić information content (AvgIpc) is 2.96. The monoisotopic (exact) mass is 277 g/mol. The van der Waals surface area contributed by atoms with Gasteiger partial charge in [0.15, 0.2) is 6.61 Å². The highest BCUT2D eigenvalue weighted by molar-refractivity contribution is 5.91. The maximum Gasteiger partial charge on any atom is 0.338 e. The minimum Gasteiger partial charge on any atom is -0.452 e. The third-order valence-corrected chi connectivity index (χ3v) is 3.17. The molecule has 1 atom stereocenters. The maximum absolute atomic E-state index is 11.7. The molecule has 0 spiro atoms. The standard InChI is InChI=1S/C15H19NO4/c1-11-4-6-12(7-5-11)15(18)20-10-14(17)16-9-13-3-2-8-19-13/h4-7,13H,2-3,8-10H2,1H3,(H,16,17)/t13-/m0/s1. The molecule has 0 radical (unpaired) electrons. The molecule has 1 amide bonds. The van der Waals surface area contributed by atoms with Crippen molar-refractivity contribution in [3.05, 3.63) is 35.4 Å². The molecule has 5 heteroatoms. The molecule has 1 N–H and O–H groups in total. The summed E-state index contributed by atoms with van der Waals surface area (Å²) in [4.78, 5) is 23.2. The first-order valence-electron chi connectivity index (χ1n) is 6.77. The molecule has 1 saturated heterocycles. The summed E-state index contributed by atoms with van der Waals surface area (Å²) < 4.78 is 10.3. The second-order valence-electron chi connectivity index (χ2n) is 4.88. The molecule has 0 unspecified atom stereocenters. The third kappa shape index (κ3) is 4.35. The summed E-state index contributed by atoms with van der Waals surface area (Å²) in [5, 5.41) is 2.70. The predicted molar refractivity (Wildman–Crippen MR) is 73.4 cm³/mol.